The summed E-state index contributed by atoms with van der Waals surface area (Å²) in [4.78, 5) is 11.7. The summed E-state index contributed by atoms with van der Waals surface area (Å²) in [5.41, 5.74) is 3.99. The number of nitrogens with two attached hydrogens (primary N) is 1. The van der Waals surface area contributed by atoms with Gasteiger partial charge in [-0.1, -0.05) is 30.3 Å². The predicted octanol–water partition coefficient (Wildman–Crippen LogP) is 0.697. The maximum Gasteiger partial charge on any atom is 0.304 e. The van der Waals surface area contributed by atoms with Gasteiger partial charge in [0.25, 0.3) is 0 Å². The van der Waals surface area contributed by atoms with Crippen LogP contribution in [0.5, 0.6) is 0 Å². The van der Waals surface area contributed by atoms with E-state index in [1.807, 2.05) is 0 Å². The second-order valence-corrected chi connectivity index (χ2v) is 3.70. The molecule has 0 heterocycles. The summed E-state index contributed by atoms with van der Waals surface area (Å²) >= 11 is -2.58. The van der Waals surface area contributed by atoms with Crippen molar-refractivity contribution in [2.24, 2.45) is 5.73 Å². The summed E-state index contributed by atoms with van der Waals surface area (Å²) in [7, 11) is 0. The highest BCUT2D eigenvalue weighted by atomic mass is 32.2. The van der Waals surface area contributed by atoms with Gasteiger partial charge in [0.2, 0.25) is 5.78 Å². The lowest BCUT2D eigenvalue weighted by Crippen LogP contribution is -2.47. The van der Waals surface area contributed by atoms with Crippen LogP contribution in [0.25, 0.3) is 0 Å². The molecule has 1 rings (SSSR count). The number of benzene rings is 1. The third kappa shape index (κ3) is 3.21. The lowest BCUT2D eigenvalue weighted by molar-refractivity contribution is 0.0558. The highest BCUT2D eigenvalue weighted by Gasteiger charge is 2.32. The maximum atomic E-state index is 11.7. The van der Waals surface area contributed by atoms with Gasteiger partial charge < -0.3 is 0 Å². The molecule has 3 N–H and O–H groups in total. The van der Waals surface area contributed by atoms with E-state index in [1.54, 1.807) is 30.3 Å². The van der Waals surface area contributed by atoms with Crippen molar-refractivity contribution in [3.05, 3.63) is 35.9 Å². The van der Waals surface area contributed by atoms with E-state index in [2.05, 4.69) is 4.18 Å². The molecule has 2 atom stereocenters. The topological polar surface area (TPSA) is 89.6 Å². The maximum absolute atomic E-state index is 11.7. The summed E-state index contributed by atoms with van der Waals surface area (Å²) < 4.78 is 23.3. The molecule has 82 valence electrons. The smallest absolute Gasteiger partial charge is 0.296 e. The Bertz CT molecular complexity index is 377. The Kier molecular flexibility index (Phi) is 3.70. The van der Waals surface area contributed by atoms with E-state index in [0.717, 1.165) is 0 Å². The second kappa shape index (κ2) is 4.63. The molecule has 0 fully saturated rings. The fraction of sp³-hybridized carbons (Fsp3) is 0.222. The van der Waals surface area contributed by atoms with Crippen molar-refractivity contribution in [1.82, 2.24) is 0 Å². The fourth-order valence-corrected chi connectivity index (χ4v) is 1.43. The van der Waals surface area contributed by atoms with Crippen molar-refractivity contribution in [2.75, 3.05) is 0 Å². The van der Waals surface area contributed by atoms with Crippen LogP contribution in [-0.4, -0.2) is 20.3 Å². The van der Waals surface area contributed by atoms with Crippen LogP contribution < -0.4 is 5.73 Å². The molecule has 1 aromatic carbocycles. The quantitative estimate of drug-likeness (QED) is 0.450. The van der Waals surface area contributed by atoms with E-state index < -0.39 is 22.9 Å². The first-order valence-corrected chi connectivity index (χ1v) is 5.16. The predicted molar refractivity (Wildman–Crippen MR) is 55.2 cm³/mol. The van der Waals surface area contributed by atoms with Crippen LogP contribution in [0.15, 0.2) is 30.3 Å². The molecule has 0 aromatic heterocycles. The second-order valence-electron chi connectivity index (χ2n) is 3.10. The fourth-order valence-electron chi connectivity index (χ4n) is 1.06. The molecule has 2 unspecified atom stereocenters. The average Bonchev–Trinajstić information content (AvgIpc) is 2.16. The van der Waals surface area contributed by atoms with Crippen molar-refractivity contribution < 1.29 is 17.7 Å². The zero-order valence-corrected chi connectivity index (χ0v) is 8.86. The molecule has 0 saturated carbocycles. The van der Waals surface area contributed by atoms with Gasteiger partial charge in [0.05, 0.1) is 0 Å². The van der Waals surface area contributed by atoms with Crippen LogP contribution in [0.3, 0.4) is 0 Å². The van der Waals surface area contributed by atoms with Crippen molar-refractivity contribution in [3.63, 3.8) is 0 Å². The third-order valence-corrected chi connectivity index (χ3v) is 2.22. The summed E-state index contributed by atoms with van der Waals surface area (Å²) in [5, 5.41) is 0. The van der Waals surface area contributed by atoms with Gasteiger partial charge in [0.15, 0.2) is 5.72 Å². The molecule has 6 heteroatoms. The normalized spacial score (nSPS) is 16.7. The van der Waals surface area contributed by atoms with Gasteiger partial charge in [-0.25, -0.2) is 4.18 Å². The van der Waals surface area contributed by atoms with Crippen LogP contribution in [0.1, 0.15) is 17.3 Å². The molecular weight excluding hydrogens is 218 g/mol. The van der Waals surface area contributed by atoms with Crippen LogP contribution >= 0.6 is 0 Å². The van der Waals surface area contributed by atoms with Crippen LogP contribution in [0, 0.1) is 0 Å². The minimum atomic E-state index is -2.58. The molecule has 1 aromatic rings. The Balaban J connectivity index is 2.89. The molecule has 0 saturated heterocycles. The Labute approximate surface area is 89.7 Å². The Morgan fingerprint density at radius 3 is 2.47 bits per heavy atom. The summed E-state index contributed by atoms with van der Waals surface area (Å²) in [6, 6.07) is 8.18. The van der Waals surface area contributed by atoms with Crippen LogP contribution in [0.4, 0.5) is 0 Å². The van der Waals surface area contributed by atoms with E-state index in [-0.39, 0.29) is 0 Å². The largest absolute Gasteiger partial charge is 0.304 e. The number of Topliss-reactive ketones (excluding diaryl/α,β-unsaturated/α-hetero) is 1. The van der Waals surface area contributed by atoms with Crippen molar-refractivity contribution in [3.8, 4) is 0 Å². The number of hydrogen-bond acceptors (Lipinski definition) is 4. The van der Waals surface area contributed by atoms with Crippen LogP contribution in [-0.2, 0) is 15.5 Å². The third-order valence-electron chi connectivity index (χ3n) is 1.73. The van der Waals surface area contributed by atoms with E-state index in [0.29, 0.717) is 5.56 Å². The van der Waals surface area contributed by atoms with Crippen molar-refractivity contribution in [2.45, 2.75) is 12.6 Å². The highest BCUT2D eigenvalue weighted by molar-refractivity contribution is 7.74. The standard InChI is InChI=1S/C9H11NO4S/c1-9(10,14-15(12)13)8(11)7-5-3-2-4-6-7/h2-6H,10H2,1H3,(H,12,13). The Morgan fingerprint density at radius 1 is 1.47 bits per heavy atom. The SMILES string of the molecule is CC(N)(OS(=O)O)C(=O)c1ccccc1. The first-order valence-electron chi connectivity index (χ1n) is 4.12. The molecule has 0 radical (unpaired) electrons. The zero-order chi connectivity index (χ0) is 11.5. The van der Waals surface area contributed by atoms with Crippen LogP contribution in [0.2, 0.25) is 0 Å². The van der Waals surface area contributed by atoms with Crippen molar-refractivity contribution >= 4 is 17.1 Å². The van der Waals surface area contributed by atoms with Gasteiger partial charge in [-0.15, -0.1) is 0 Å². The first kappa shape index (κ1) is 12.0. The minimum Gasteiger partial charge on any atom is -0.296 e. The minimum absolute atomic E-state index is 0.327. The highest BCUT2D eigenvalue weighted by Crippen LogP contribution is 2.12. The number of ketones is 1. The summed E-state index contributed by atoms with van der Waals surface area (Å²) in [5.74, 6) is -0.550. The lowest BCUT2D eigenvalue weighted by Gasteiger charge is -2.20. The van der Waals surface area contributed by atoms with Gasteiger partial charge in [-0.05, 0) is 6.92 Å². The van der Waals surface area contributed by atoms with E-state index in [4.69, 9.17) is 10.3 Å². The van der Waals surface area contributed by atoms with Gasteiger partial charge in [0.1, 0.15) is 0 Å². The zero-order valence-electron chi connectivity index (χ0n) is 8.04. The Morgan fingerprint density at radius 2 is 2.00 bits per heavy atom. The molecule has 0 aliphatic heterocycles. The monoisotopic (exact) mass is 229 g/mol. The lowest BCUT2D eigenvalue weighted by atomic mass is 10.0. The molecule has 0 aliphatic rings. The van der Waals surface area contributed by atoms with Crippen molar-refractivity contribution in [1.29, 1.82) is 0 Å². The molecule has 0 aliphatic carbocycles. The van der Waals surface area contributed by atoms with E-state index in [1.165, 1.54) is 6.92 Å². The number of hydrogen-bond donors (Lipinski definition) is 2. The summed E-state index contributed by atoms with van der Waals surface area (Å²) in [6.45, 7) is 1.23. The van der Waals surface area contributed by atoms with Gasteiger partial charge >= 0.3 is 11.4 Å². The number of carbonyl (C=O) groups excluding carboxylic acids is 1. The van der Waals surface area contributed by atoms with E-state index in [9.17, 15) is 9.00 Å². The van der Waals surface area contributed by atoms with Gasteiger partial charge in [-0.3, -0.25) is 15.1 Å². The molecule has 0 amide bonds. The number of rotatable bonds is 4. The van der Waals surface area contributed by atoms with E-state index >= 15 is 0 Å². The summed E-state index contributed by atoms with van der Waals surface area (Å²) in [6.07, 6.45) is 0. The number of carbonyl (C=O) groups is 1. The Hall–Kier alpha value is -1.08. The molecular formula is C9H11NO4S. The first-order chi connectivity index (χ1) is 6.93. The average molecular weight is 229 g/mol. The van der Waals surface area contributed by atoms with Gasteiger partial charge in [-0.2, -0.15) is 4.21 Å². The molecule has 0 spiro atoms. The molecule has 15 heavy (non-hydrogen) atoms. The molecule has 0 bridgehead atoms. The molecule has 5 nitrogen and oxygen atoms in total. The van der Waals surface area contributed by atoms with Gasteiger partial charge in [0, 0.05) is 5.56 Å².